The molecule has 0 spiro atoms. The molecule has 2 aromatic rings. The number of aryl methyl sites for hydroxylation is 1. The Labute approximate surface area is 137 Å². The van der Waals surface area contributed by atoms with Crippen molar-refractivity contribution in [2.24, 2.45) is 0 Å². The van der Waals surface area contributed by atoms with Gasteiger partial charge in [-0.2, -0.15) is 5.10 Å². The first-order valence-electron chi connectivity index (χ1n) is 8.07. The molecule has 5 nitrogen and oxygen atoms in total. The molecule has 0 aliphatic carbocycles. The zero-order valence-corrected chi connectivity index (χ0v) is 14.5. The Morgan fingerprint density at radius 3 is 2.35 bits per heavy atom. The fraction of sp³-hybridized carbons (Fsp3) is 0.444. The molecule has 0 atom stereocenters. The second-order valence-corrected chi connectivity index (χ2v) is 5.71. The molecule has 0 radical (unpaired) electrons. The maximum atomic E-state index is 12.6. The quantitative estimate of drug-likeness (QED) is 0.891. The number of nitrogens with zero attached hydrogens (tertiary/aromatic N) is 2. The van der Waals surface area contributed by atoms with Gasteiger partial charge in [-0.25, -0.2) is 4.68 Å². The van der Waals surface area contributed by atoms with Crippen molar-refractivity contribution in [3.05, 3.63) is 41.2 Å². The van der Waals surface area contributed by atoms with Gasteiger partial charge in [-0.15, -0.1) is 0 Å². The summed E-state index contributed by atoms with van der Waals surface area (Å²) in [6, 6.07) is 7.80. The summed E-state index contributed by atoms with van der Waals surface area (Å²) in [5.41, 5.74) is 3.40. The fourth-order valence-corrected chi connectivity index (χ4v) is 2.61. The molecule has 0 fully saturated rings. The van der Waals surface area contributed by atoms with E-state index >= 15 is 0 Å². The fourth-order valence-electron chi connectivity index (χ4n) is 2.61. The molecule has 1 heterocycles. The lowest BCUT2D eigenvalue weighted by Crippen LogP contribution is -2.31. The van der Waals surface area contributed by atoms with Gasteiger partial charge in [0.15, 0.2) is 0 Å². The number of hydrogen-bond acceptors (Lipinski definition) is 3. The van der Waals surface area contributed by atoms with Crippen LogP contribution in [0, 0.1) is 0 Å². The molecule has 1 amide bonds. The maximum Gasteiger partial charge on any atom is 0.255 e. The molecule has 0 bridgehead atoms. The van der Waals surface area contributed by atoms with Crippen molar-refractivity contribution in [2.45, 2.75) is 46.6 Å². The van der Waals surface area contributed by atoms with Gasteiger partial charge in [-0.1, -0.05) is 13.8 Å². The van der Waals surface area contributed by atoms with Gasteiger partial charge in [-0.05, 0) is 51.0 Å². The lowest BCUT2D eigenvalue weighted by atomic mass is 10.1. The van der Waals surface area contributed by atoms with E-state index < -0.39 is 0 Å². The van der Waals surface area contributed by atoms with E-state index in [2.05, 4.69) is 10.4 Å². The van der Waals surface area contributed by atoms with E-state index in [4.69, 9.17) is 4.74 Å². The SMILES string of the molecule is CCc1nn(-c2ccc(OC)cc2)c(CC)c1C(=O)NC(C)C. The van der Waals surface area contributed by atoms with Crippen LogP contribution in [0.15, 0.2) is 24.3 Å². The second kappa shape index (κ2) is 7.31. The highest BCUT2D eigenvalue weighted by Crippen LogP contribution is 2.22. The number of amides is 1. The average Bonchev–Trinajstić information content (AvgIpc) is 2.93. The van der Waals surface area contributed by atoms with Crippen LogP contribution in [0.2, 0.25) is 0 Å². The topological polar surface area (TPSA) is 56.2 Å². The van der Waals surface area contributed by atoms with E-state index in [1.165, 1.54) is 0 Å². The zero-order chi connectivity index (χ0) is 17.0. The number of aromatic nitrogens is 2. The number of rotatable bonds is 6. The van der Waals surface area contributed by atoms with Crippen LogP contribution in [0.5, 0.6) is 5.75 Å². The van der Waals surface area contributed by atoms with E-state index in [9.17, 15) is 4.79 Å². The smallest absolute Gasteiger partial charge is 0.255 e. The predicted octanol–water partition coefficient (Wildman–Crippen LogP) is 3.14. The van der Waals surface area contributed by atoms with Crippen LogP contribution in [0.25, 0.3) is 5.69 Å². The van der Waals surface area contributed by atoms with Gasteiger partial charge in [0.25, 0.3) is 5.91 Å². The normalized spacial score (nSPS) is 10.9. The second-order valence-electron chi connectivity index (χ2n) is 5.71. The van der Waals surface area contributed by atoms with Crippen molar-refractivity contribution < 1.29 is 9.53 Å². The number of hydrogen-bond donors (Lipinski definition) is 1. The number of ether oxygens (including phenoxy) is 1. The highest BCUT2D eigenvalue weighted by molar-refractivity contribution is 5.96. The Morgan fingerprint density at radius 1 is 1.22 bits per heavy atom. The first-order valence-corrected chi connectivity index (χ1v) is 8.07. The Hall–Kier alpha value is -2.30. The van der Waals surface area contributed by atoms with Gasteiger partial charge in [0, 0.05) is 6.04 Å². The first kappa shape index (κ1) is 17.1. The summed E-state index contributed by atoms with van der Waals surface area (Å²) < 4.78 is 7.07. The van der Waals surface area contributed by atoms with Crippen LogP contribution in [0.3, 0.4) is 0 Å². The van der Waals surface area contributed by atoms with Gasteiger partial charge < -0.3 is 10.1 Å². The summed E-state index contributed by atoms with van der Waals surface area (Å²) in [6.07, 6.45) is 1.46. The third-order valence-corrected chi connectivity index (χ3v) is 3.69. The van der Waals surface area contributed by atoms with E-state index in [0.717, 1.165) is 35.7 Å². The maximum absolute atomic E-state index is 12.6. The van der Waals surface area contributed by atoms with E-state index in [-0.39, 0.29) is 11.9 Å². The van der Waals surface area contributed by atoms with Crippen LogP contribution in [0.1, 0.15) is 49.4 Å². The van der Waals surface area contributed by atoms with Crippen LogP contribution < -0.4 is 10.1 Å². The van der Waals surface area contributed by atoms with E-state index in [0.29, 0.717) is 5.56 Å². The summed E-state index contributed by atoms with van der Waals surface area (Å²) >= 11 is 0. The van der Waals surface area contributed by atoms with Gasteiger partial charge in [-0.3, -0.25) is 4.79 Å². The molecule has 23 heavy (non-hydrogen) atoms. The predicted molar refractivity (Wildman–Crippen MR) is 91.5 cm³/mol. The van der Waals surface area contributed by atoms with Crippen molar-refractivity contribution >= 4 is 5.91 Å². The molecule has 0 unspecified atom stereocenters. The number of nitrogens with one attached hydrogen (secondary N) is 1. The highest BCUT2D eigenvalue weighted by atomic mass is 16.5. The third-order valence-electron chi connectivity index (χ3n) is 3.69. The molecule has 1 aromatic carbocycles. The largest absolute Gasteiger partial charge is 0.497 e. The highest BCUT2D eigenvalue weighted by Gasteiger charge is 2.22. The third kappa shape index (κ3) is 3.55. The summed E-state index contributed by atoms with van der Waals surface area (Å²) in [5, 5.41) is 7.65. The molecular weight excluding hydrogens is 290 g/mol. The molecule has 1 aromatic heterocycles. The molecule has 124 valence electrons. The Bertz CT molecular complexity index is 672. The standard InChI is InChI=1S/C18H25N3O2/c1-6-15-17(18(22)19-12(3)4)16(7-2)21(20-15)13-8-10-14(23-5)11-9-13/h8-12H,6-7H2,1-5H3,(H,19,22). The number of benzene rings is 1. The van der Waals surface area contributed by atoms with Gasteiger partial charge in [0.2, 0.25) is 0 Å². The van der Waals surface area contributed by atoms with Crippen LogP contribution >= 0.6 is 0 Å². The molecule has 0 aliphatic heterocycles. The minimum Gasteiger partial charge on any atom is -0.497 e. The summed E-state index contributed by atoms with van der Waals surface area (Å²) in [5.74, 6) is 0.751. The minimum atomic E-state index is -0.0477. The van der Waals surface area contributed by atoms with E-state index in [1.54, 1.807) is 7.11 Å². The zero-order valence-electron chi connectivity index (χ0n) is 14.5. The lowest BCUT2D eigenvalue weighted by Gasteiger charge is -2.11. The number of carbonyl (C=O) groups excluding carboxylic acids is 1. The first-order chi connectivity index (χ1) is 11.0. The molecule has 0 saturated heterocycles. The molecular formula is C18H25N3O2. The Kier molecular flexibility index (Phi) is 5.42. The number of carbonyl (C=O) groups is 1. The minimum absolute atomic E-state index is 0.0477. The van der Waals surface area contributed by atoms with Crippen molar-refractivity contribution in [3.63, 3.8) is 0 Å². The molecule has 2 rings (SSSR count). The summed E-state index contributed by atoms with van der Waals surface area (Å²) in [6.45, 7) is 7.99. The molecule has 5 heteroatoms. The van der Waals surface area contributed by atoms with Gasteiger partial charge >= 0.3 is 0 Å². The van der Waals surface area contributed by atoms with E-state index in [1.807, 2.05) is 56.6 Å². The summed E-state index contributed by atoms with van der Waals surface area (Å²) in [7, 11) is 1.64. The monoisotopic (exact) mass is 315 g/mol. The van der Waals surface area contributed by atoms with Crippen LogP contribution in [0.4, 0.5) is 0 Å². The van der Waals surface area contributed by atoms with Crippen LogP contribution in [-0.4, -0.2) is 28.8 Å². The van der Waals surface area contributed by atoms with Crippen molar-refractivity contribution in [1.29, 1.82) is 0 Å². The molecule has 0 saturated carbocycles. The molecule has 0 aliphatic rings. The van der Waals surface area contributed by atoms with Crippen molar-refractivity contribution in [2.75, 3.05) is 7.11 Å². The van der Waals surface area contributed by atoms with Gasteiger partial charge in [0.05, 0.1) is 29.7 Å². The lowest BCUT2D eigenvalue weighted by molar-refractivity contribution is 0.0941. The van der Waals surface area contributed by atoms with Crippen LogP contribution in [-0.2, 0) is 12.8 Å². The number of methoxy groups -OCH3 is 1. The Morgan fingerprint density at radius 2 is 1.87 bits per heavy atom. The molecule has 1 N–H and O–H groups in total. The van der Waals surface area contributed by atoms with Crippen molar-refractivity contribution in [1.82, 2.24) is 15.1 Å². The van der Waals surface area contributed by atoms with Crippen molar-refractivity contribution in [3.8, 4) is 11.4 Å². The Balaban J connectivity index is 2.51. The average molecular weight is 315 g/mol. The van der Waals surface area contributed by atoms with Gasteiger partial charge in [0.1, 0.15) is 5.75 Å². The summed E-state index contributed by atoms with van der Waals surface area (Å²) in [4.78, 5) is 12.6.